The van der Waals surface area contributed by atoms with Crippen molar-refractivity contribution in [1.29, 1.82) is 0 Å². The van der Waals surface area contributed by atoms with Crippen molar-refractivity contribution in [3.05, 3.63) is 17.8 Å². The summed E-state index contributed by atoms with van der Waals surface area (Å²) >= 11 is 0. The van der Waals surface area contributed by atoms with E-state index in [-0.39, 0.29) is 5.75 Å². The van der Waals surface area contributed by atoms with Gasteiger partial charge in [-0.15, -0.1) is 0 Å². The molecule has 1 atom stereocenters. The monoisotopic (exact) mass is 316 g/mol. The molecule has 1 aromatic heterocycles. The summed E-state index contributed by atoms with van der Waals surface area (Å²) in [6.07, 6.45) is 5.54. The Morgan fingerprint density at radius 1 is 1.43 bits per heavy atom. The van der Waals surface area contributed by atoms with Gasteiger partial charge in [0.05, 0.1) is 18.6 Å². The molecule has 6 nitrogen and oxygen atoms in total. The normalized spacial score (nSPS) is 21.5. The highest BCUT2D eigenvalue weighted by atomic mass is 32.2. The third-order valence-corrected chi connectivity index (χ3v) is 5.89. The molecule has 0 aromatic carbocycles. The van der Waals surface area contributed by atoms with Crippen LogP contribution in [-0.4, -0.2) is 46.0 Å². The average Bonchev–Trinajstić information content (AvgIpc) is 2.90. The highest BCUT2D eigenvalue weighted by Gasteiger charge is 2.33. The minimum absolute atomic E-state index is 0.261. The molecule has 21 heavy (non-hydrogen) atoms. The molecule has 1 saturated heterocycles. The number of sulfone groups is 1. The molecule has 1 aliphatic heterocycles. The van der Waals surface area contributed by atoms with Gasteiger partial charge < -0.3 is 14.5 Å². The van der Waals surface area contributed by atoms with E-state index in [0.29, 0.717) is 31.1 Å². The second kappa shape index (κ2) is 7.91. The minimum Gasteiger partial charge on any atom is -0.444 e. The van der Waals surface area contributed by atoms with Crippen LogP contribution in [0.5, 0.6) is 0 Å². The fourth-order valence-corrected chi connectivity index (χ4v) is 4.41. The van der Waals surface area contributed by atoms with Crippen molar-refractivity contribution in [1.82, 2.24) is 10.3 Å². The number of hydrogen-bond acceptors (Lipinski definition) is 6. The van der Waals surface area contributed by atoms with Gasteiger partial charge in [0.2, 0.25) is 0 Å². The first-order valence-corrected chi connectivity index (χ1v) is 9.21. The molecule has 1 aliphatic rings. The van der Waals surface area contributed by atoms with E-state index in [4.69, 9.17) is 9.15 Å². The average molecular weight is 316 g/mol. The van der Waals surface area contributed by atoms with Crippen LogP contribution in [0.2, 0.25) is 0 Å². The number of oxazole rings is 1. The van der Waals surface area contributed by atoms with Crippen LogP contribution in [0, 0.1) is 0 Å². The van der Waals surface area contributed by atoms with Gasteiger partial charge in [-0.1, -0.05) is 6.42 Å². The molecule has 1 unspecified atom stereocenters. The second-order valence-corrected chi connectivity index (χ2v) is 7.66. The molecule has 0 bridgehead atoms. The molecule has 7 heteroatoms. The van der Waals surface area contributed by atoms with Crippen molar-refractivity contribution in [3.8, 4) is 0 Å². The van der Waals surface area contributed by atoms with Gasteiger partial charge in [0, 0.05) is 20.1 Å². The van der Waals surface area contributed by atoms with Gasteiger partial charge in [-0.2, -0.15) is 0 Å². The molecule has 1 N–H and O–H groups in total. The van der Waals surface area contributed by atoms with Crippen molar-refractivity contribution >= 4 is 9.84 Å². The van der Waals surface area contributed by atoms with Crippen LogP contribution in [-0.2, 0) is 21.0 Å². The molecule has 0 radical (unpaired) electrons. The Hall–Kier alpha value is -0.920. The largest absolute Gasteiger partial charge is 0.444 e. The zero-order chi connectivity index (χ0) is 15.1. The predicted molar refractivity (Wildman–Crippen MR) is 79.9 cm³/mol. The maximum Gasteiger partial charge on any atom is 0.194 e. The Bertz CT molecular complexity index is 527. The number of nitrogens with one attached hydrogen (secondary N) is 1. The van der Waals surface area contributed by atoms with Crippen LogP contribution >= 0.6 is 0 Å². The van der Waals surface area contributed by atoms with Gasteiger partial charge in [-0.05, 0) is 25.8 Å². The molecule has 0 amide bonds. The zero-order valence-corrected chi connectivity index (χ0v) is 13.3. The van der Waals surface area contributed by atoms with Crippen LogP contribution < -0.4 is 5.32 Å². The van der Waals surface area contributed by atoms with Gasteiger partial charge in [0.25, 0.3) is 0 Å². The molecule has 2 heterocycles. The number of hydrogen-bond donors (Lipinski definition) is 1. The number of nitrogens with zero attached hydrogens (tertiary/aromatic N) is 1. The van der Waals surface area contributed by atoms with Gasteiger partial charge in [0.1, 0.15) is 11.0 Å². The van der Waals surface area contributed by atoms with E-state index in [1.165, 1.54) is 0 Å². The Labute approximate surface area is 126 Å². The summed E-state index contributed by atoms with van der Waals surface area (Å²) in [5, 5.41) is 2.76. The third kappa shape index (κ3) is 4.79. The summed E-state index contributed by atoms with van der Waals surface area (Å²) in [7, 11) is -1.38. The summed E-state index contributed by atoms with van der Waals surface area (Å²) in [6.45, 7) is 2.39. The van der Waals surface area contributed by atoms with E-state index in [9.17, 15) is 8.42 Å². The van der Waals surface area contributed by atoms with E-state index in [1.807, 2.05) is 0 Å². The SMILES string of the molecule is COCCNCCCc1ncc(C2CCCCS2(=O)=O)o1. The Morgan fingerprint density at radius 2 is 2.29 bits per heavy atom. The lowest BCUT2D eigenvalue weighted by Gasteiger charge is -2.19. The number of rotatable bonds is 8. The van der Waals surface area contributed by atoms with Crippen LogP contribution in [0.4, 0.5) is 0 Å². The molecule has 2 rings (SSSR count). The summed E-state index contributed by atoms with van der Waals surface area (Å²) in [6, 6.07) is 0. The summed E-state index contributed by atoms with van der Waals surface area (Å²) in [5.74, 6) is 1.40. The molecule has 0 aliphatic carbocycles. The topological polar surface area (TPSA) is 81.4 Å². The first-order chi connectivity index (χ1) is 10.1. The van der Waals surface area contributed by atoms with Crippen molar-refractivity contribution in [2.45, 2.75) is 37.4 Å². The number of ether oxygens (including phenoxy) is 1. The van der Waals surface area contributed by atoms with E-state index in [1.54, 1.807) is 13.3 Å². The molecular formula is C14H24N2O4S. The highest BCUT2D eigenvalue weighted by Crippen LogP contribution is 2.33. The number of methoxy groups -OCH3 is 1. The molecule has 120 valence electrons. The van der Waals surface area contributed by atoms with Gasteiger partial charge in [0.15, 0.2) is 15.7 Å². The predicted octanol–water partition coefficient (Wildman–Crippen LogP) is 1.48. The van der Waals surface area contributed by atoms with E-state index >= 15 is 0 Å². The highest BCUT2D eigenvalue weighted by molar-refractivity contribution is 7.91. The standard InChI is InChI=1S/C14H24N2O4S/c1-19-9-8-15-7-4-6-14-16-11-12(20-14)13-5-2-3-10-21(13,17)18/h11,13,15H,2-10H2,1H3. The van der Waals surface area contributed by atoms with Gasteiger partial charge in [-0.3, -0.25) is 0 Å². The lowest BCUT2D eigenvalue weighted by atomic mass is 10.1. The number of aryl methyl sites for hydroxylation is 1. The molecule has 0 saturated carbocycles. The first-order valence-electron chi connectivity index (χ1n) is 7.49. The Morgan fingerprint density at radius 3 is 3.05 bits per heavy atom. The summed E-state index contributed by atoms with van der Waals surface area (Å²) in [5.41, 5.74) is 0. The lowest BCUT2D eigenvalue weighted by molar-refractivity contribution is 0.199. The molecular weight excluding hydrogens is 292 g/mol. The van der Waals surface area contributed by atoms with Crippen LogP contribution in [0.1, 0.15) is 42.6 Å². The molecule has 1 aromatic rings. The van der Waals surface area contributed by atoms with Crippen molar-refractivity contribution in [2.75, 3.05) is 32.6 Å². The second-order valence-electron chi connectivity index (χ2n) is 5.35. The first kappa shape index (κ1) is 16.5. The van der Waals surface area contributed by atoms with E-state index < -0.39 is 15.1 Å². The molecule has 1 fully saturated rings. The smallest absolute Gasteiger partial charge is 0.194 e. The van der Waals surface area contributed by atoms with Crippen molar-refractivity contribution < 1.29 is 17.6 Å². The number of aromatic nitrogens is 1. The fraction of sp³-hybridized carbons (Fsp3) is 0.786. The summed E-state index contributed by atoms with van der Waals surface area (Å²) < 4.78 is 34.7. The Kier molecular flexibility index (Phi) is 6.20. The maximum absolute atomic E-state index is 12.0. The molecule has 0 spiro atoms. The maximum atomic E-state index is 12.0. The fourth-order valence-electron chi connectivity index (χ4n) is 2.53. The van der Waals surface area contributed by atoms with E-state index in [2.05, 4.69) is 10.3 Å². The Balaban J connectivity index is 1.81. The lowest BCUT2D eigenvalue weighted by Crippen LogP contribution is -2.21. The third-order valence-electron chi connectivity index (χ3n) is 3.69. The zero-order valence-electron chi connectivity index (χ0n) is 12.5. The summed E-state index contributed by atoms with van der Waals surface area (Å²) in [4.78, 5) is 4.21. The van der Waals surface area contributed by atoms with E-state index in [0.717, 1.165) is 32.4 Å². The van der Waals surface area contributed by atoms with Crippen molar-refractivity contribution in [2.24, 2.45) is 0 Å². The van der Waals surface area contributed by atoms with Gasteiger partial charge in [-0.25, -0.2) is 13.4 Å². The van der Waals surface area contributed by atoms with Crippen molar-refractivity contribution in [3.63, 3.8) is 0 Å². The quantitative estimate of drug-likeness (QED) is 0.732. The van der Waals surface area contributed by atoms with Crippen LogP contribution in [0.25, 0.3) is 0 Å². The van der Waals surface area contributed by atoms with Crippen LogP contribution in [0.3, 0.4) is 0 Å². The minimum atomic E-state index is -3.06. The van der Waals surface area contributed by atoms with Gasteiger partial charge >= 0.3 is 0 Å². The van der Waals surface area contributed by atoms with Crippen LogP contribution in [0.15, 0.2) is 10.6 Å².